The first-order valence-electron chi connectivity index (χ1n) is 7.56. The molecule has 0 saturated carbocycles. The maximum atomic E-state index is 11.9. The summed E-state index contributed by atoms with van der Waals surface area (Å²) < 4.78 is 16.0. The van der Waals surface area contributed by atoms with Crippen LogP contribution in [0.3, 0.4) is 0 Å². The Labute approximate surface area is 141 Å². The van der Waals surface area contributed by atoms with E-state index in [-0.39, 0.29) is 22.5 Å². The predicted octanol–water partition coefficient (Wildman–Crippen LogP) is -1.01. The van der Waals surface area contributed by atoms with E-state index in [9.17, 15) is 30.3 Å². The van der Waals surface area contributed by atoms with Crippen molar-refractivity contribution < 1.29 is 39.4 Å². The minimum atomic E-state index is -1.60. The molecule has 0 unspecified atom stereocenters. The second kappa shape index (κ2) is 6.62. The summed E-state index contributed by atoms with van der Waals surface area (Å²) in [5.74, 6) is -0.0455. The van der Waals surface area contributed by atoms with E-state index in [2.05, 4.69) is 0 Å². The molecule has 1 aliphatic heterocycles. The predicted molar refractivity (Wildman–Crippen MR) is 83.3 cm³/mol. The number of benzene rings is 1. The van der Waals surface area contributed by atoms with Gasteiger partial charge in [-0.05, 0) is 6.92 Å². The van der Waals surface area contributed by atoms with Crippen LogP contribution >= 0.6 is 0 Å². The Morgan fingerprint density at radius 1 is 1.12 bits per heavy atom. The highest BCUT2D eigenvalue weighted by Gasteiger charge is 2.44. The normalized spacial score (nSPS) is 29.7. The molecule has 1 fully saturated rings. The first kappa shape index (κ1) is 17.6. The van der Waals surface area contributed by atoms with Crippen LogP contribution in [0.1, 0.15) is 5.76 Å². The minimum Gasteiger partial charge on any atom is -0.507 e. The van der Waals surface area contributed by atoms with Crippen LogP contribution < -0.4 is 10.2 Å². The Bertz CT molecular complexity index is 828. The average Bonchev–Trinajstić information content (AvgIpc) is 2.54. The third-order valence-electron chi connectivity index (χ3n) is 4.01. The molecule has 0 radical (unpaired) electrons. The molecule has 0 aliphatic carbocycles. The number of hydrogen-bond donors (Lipinski definition) is 5. The number of ether oxygens (including phenoxy) is 2. The zero-order chi connectivity index (χ0) is 18.3. The third-order valence-corrected chi connectivity index (χ3v) is 4.01. The van der Waals surface area contributed by atoms with Crippen molar-refractivity contribution in [2.45, 2.75) is 37.6 Å². The number of phenolic OH excluding ortho intramolecular Hbond substituents is 1. The van der Waals surface area contributed by atoms with Crippen molar-refractivity contribution >= 4 is 11.0 Å². The lowest BCUT2D eigenvalue weighted by molar-refractivity contribution is -0.277. The molecule has 2 heterocycles. The molecule has 1 aromatic carbocycles. The summed E-state index contributed by atoms with van der Waals surface area (Å²) in [6.45, 7) is 0.977. The lowest BCUT2D eigenvalue weighted by atomic mass is 9.99. The highest BCUT2D eigenvalue weighted by molar-refractivity contribution is 5.84. The molecule has 0 bridgehead atoms. The van der Waals surface area contributed by atoms with E-state index in [4.69, 9.17) is 13.9 Å². The maximum absolute atomic E-state index is 11.9. The molecule has 1 aliphatic rings. The van der Waals surface area contributed by atoms with E-state index in [1.54, 1.807) is 6.92 Å². The summed E-state index contributed by atoms with van der Waals surface area (Å²) in [5.41, 5.74) is -0.347. The first-order valence-corrected chi connectivity index (χ1v) is 7.56. The Morgan fingerprint density at radius 2 is 1.84 bits per heavy atom. The van der Waals surface area contributed by atoms with Crippen LogP contribution in [-0.4, -0.2) is 62.8 Å². The van der Waals surface area contributed by atoms with Gasteiger partial charge in [0.15, 0.2) is 5.43 Å². The van der Waals surface area contributed by atoms with Gasteiger partial charge in [0.2, 0.25) is 6.29 Å². The minimum absolute atomic E-state index is 0.00285. The fraction of sp³-hybridized carbons (Fsp3) is 0.438. The van der Waals surface area contributed by atoms with Gasteiger partial charge in [-0.2, -0.15) is 0 Å². The molecule has 2 aromatic rings. The van der Waals surface area contributed by atoms with Gasteiger partial charge < -0.3 is 39.4 Å². The standard InChI is InChI=1S/C16H18O9/c1-6-2-8(18)12-9(19)3-7(4-10(12)23-6)24-16-15(22)14(21)13(20)11(5-17)25-16/h2-4,11,13-17,19-22H,5H2,1H3/t11-,13+,14-,15-,16-/m1/s1. The van der Waals surface area contributed by atoms with Gasteiger partial charge >= 0.3 is 0 Å². The second-order valence-corrected chi connectivity index (χ2v) is 5.85. The van der Waals surface area contributed by atoms with Crippen LogP contribution in [0.15, 0.2) is 27.4 Å². The van der Waals surface area contributed by atoms with Crippen LogP contribution in [0.4, 0.5) is 0 Å². The molecule has 25 heavy (non-hydrogen) atoms. The average molecular weight is 354 g/mol. The van der Waals surface area contributed by atoms with E-state index < -0.39 is 42.7 Å². The fourth-order valence-corrected chi connectivity index (χ4v) is 2.73. The Hall–Kier alpha value is -2.17. The van der Waals surface area contributed by atoms with E-state index in [1.807, 2.05) is 0 Å². The number of hydrogen-bond acceptors (Lipinski definition) is 9. The van der Waals surface area contributed by atoms with Crippen LogP contribution in [0.5, 0.6) is 11.5 Å². The molecule has 0 amide bonds. The van der Waals surface area contributed by atoms with Gasteiger partial charge in [0.05, 0.1) is 6.61 Å². The monoisotopic (exact) mass is 354 g/mol. The quantitative estimate of drug-likeness (QED) is 0.467. The van der Waals surface area contributed by atoms with Crippen LogP contribution in [0, 0.1) is 6.92 Å². The lowest BCUT2D eigenvalue weighted by Gasteiger charge is -2.39. The van der Waals surface area contributed by atoms with E-state index in [0.29, 0.717) is 5.76 Å². The Balaban J connectivity index is 1.93. The first-order chi connectivity index (χ1) is 11.8. The van der Waals surface area contributed by atoms with Gasteiger partial charge in [0.25, 0.3) is 0 Å². The number of aromatic hydroxyl groups is 1. The second-order valence-electron chi connectivity index (χ2n) is 5.85. The Morgan fingerprint density at radius 3 is 2.52 bits per heavy atom. The molecule has 5 N–H and O–H groups in total. The van der Waals surface area contributed by atoms with Crippen molar-refractivity contribution in [3.63, 3.8) is 0 Å². The molecule has 9 heteroatoms. The molecule has 0 spiro atoms. The van der Waals surface area contributed by atoms with Gasteiger partial charge in [-0.15, -0.1) is 0 Å². The number of phenols is 1. The largest absolute Gasteiger partial charge is 0.507 e. The van der Waals surface area contributed by atoms with Crippen molar-refractivity contribution in [1.82, 2.24) is 0 Å². The number of aliphatic hydroxyl groups excluding tert-OH is 4. The molecular weight excluding hydrogens is 336 g/mol. The van der Waals surface area contributed by atoms with Crippen LogP contribution in [0.25, 0.3) is 11.0 Å². The van der Waals surface area contributed by atoms with Crippen LogP contribution in [-0.2, 0) is 4.74 Å². The zero-order valence-electron chi connectivity index (χ0n) is 13.2. The van der Waals surface area contributed by atoms with Gasteiger partial charge in [0, 0.05) is 18.2 Å². The zero-order valence-corrected chi connectivity index (χ0v) is 13.2. The summed E-state index contributed by atoms with van der Waals surface area (Å²) in [5, 5.41) is 48.7. The molecule has 3 rings (SSSR count). The number of aliphatic hydroxyl groups is 4. The molecule has 5 atom stereocenters. The topological polar surface area (TPSA) is 150 Å². The van der Waals surface area contributed by atoms with Gasteiger partial charge in [-0.3, -0.25) is 4.79 Å². The van der Waals surface area contributed by atoms with Crippen LogP contribution in [0.2, 0.25) is 0 Å². The summed E-state index contributed by atoms with van der Waals surface area (Å²) in [6.07, 6.45) is -7.24. The number of fused-ring (bicyclic) bond motifs is 1. The SMILES string of the molecule is Cc1cc(=O)c2c(O)cc(O[C@@H]3O[C@H](CO)[C@H](O)[C@@H](O)[C@H]3O)cc2o1. The van der Waals surface area contributed by atoms with Gasteiger partial charge in [0.1, 0.15) is 52.6 Å². The van der Waals surface area contributed by atoms with Crippen molar-refractivity contribution in [3.8, 4) is 11.5 Å². The van der Waals surface area contributed by atoms with E-state index >= 15 is 0 Å². The van der Waals surface area contributed by atoms with Gasteiger partial charge in [-0.1, -0.05) is 0 Å². The summed E-state index contributed by atoms with van der Waals surface area (Å²) in [4.78, 5) is 11.9. The summed E-state index contributed by atoms with van der Waals surface area (Å²) in [6, 6.07) is 3.70. The fourth-order valence-electron chi connectivity index (χ4n) is 2.73. The Kier molecular flexibility index (Phi) is 4.67. The van der Waals surface area contributed by atoms with Crippen molar-refractivity contribution in [2.24, 2.45) is 0 Å². The molecule has 136 valence electrons. The molecule has 1 aromatic heterocycles. The number of aryl methyl sites for hydroxylation is 1. The molecular formula is C16H18O9. The van der Waals surface area contributed by atoms with Crippen molar-refractivity contribution in [2.75, 3.05) is 6.61 Å². The highest BCUT2D eigenvalue weighted by Crippen LogP contribution is 2.31. The lowest BCUT2D eigenvalue weighted by Crippen LogP contribution is -2.60. The number of rotatable bonds is 3. The third kappa shape index (κ3) is 3.20. The smallest absolute Gasteiger partial charge is 0.229 e. The maximum Gasteiger partial charge on any atom is 0.229 e. The van der Waals surface area contributed by atoms with Crippen molar-refractivity contribution in [1.29, 1.82) is 0 Å². The van der Waals surface area contributed by atoms with E-state index in [1.165, 1.54) is 12.1 Å². The van der Waals surface area contributed by atoms with Gasteiger partial charge in [-0.25, -0.2) is 0 Å². The molecule has 1 saturated heterocycles. The summed E-state index contributed by atoms with van der Waals surface area (Å²) in [7, 11) is 0. The van der Waals surface area contributed by atoms with Crippen molar-refractivity contribution in [3.05, 3.63) is 34.2 Å². The summed E-state index contributed by atoms with van der Waals surface area (Å²) >= 11 is 0. The highest BCUT2D eigenvalue weighted by atomic mass is 16.7. The molecule has 9 nitrogen and oxygen atoms in total. The van der Waals surface area contributed by atoms with E-state index in [0.717, 1.165) is 6.07 Å².